The number of hydrazine groups is 1. The number of rotatable bonds is 6. The maximum Gasteiger partial charge on any atom is 0.285 e. The molecule has 29 heavy (non-hydrogen) atoms. The highest BCUT2D eigenvalue weighted by Crippen LogP contribution is 2.32. The van der Waals surface area contributed by atoms with E-state index in [2.05, 4.69) is 5.43 Å². The number of thiocarbonyl (C=S) groups is 1. The largest absolute Gasteiger partial charge is 0.494 e. The van der Waals surface area contributed by atoms with E-state index in [-0.39, 0.29) is 15.8 Å². The molecule has 3 rings (SSSR count). The summed E-state index contributed by atoms with van der Waals surface area (Å²) in [6, 6.07) is 12.5. The fourth-order valence-electron chi connectivity index (χ4n) is 2.56. The molecule has 0 radical (unpaired) electrons. The lowest BCUT2D eigenvalue weighted by Crippen LogP contribution is -2.44. The number of hydrogen-bond acceptors (Lipinski definition) is 5. The molecular formula is C21H19ClN2O3S2. The number of thioether (sulfide) groups is 1. The molecule has 0 saturated carbocycles. The molecule has 1 aliphatic heterocycles. The normalized spacial score (nSPS) is 15.1. The molecule has 2 aromatic carbocycles. The number of carbonyl (C=O) groups excluding carboxylic acids is 2. The number of nitrogens with one attached hydrogen (secondary N) is 1. The van der Waals surface area contributed by atoms with E-state index in [0.717, 1.165) is 40.1 Å². The molecule has 2 amide bonds. The summed E-state index contributed by atoms with van der Waals surface area (Å²) >= 11 is 12.5. The predicted octanol–water partition coefficient (Wildman–Crippen LogP) is 4.98. The summed E-state index contributed by atoms with van der Waals surface area (Å²) in [7, 11) is 0. The Morgan fingerprint density at radius 1 is 1.28 bits per heavy atom. The minimum atomic E-state index is -0.495. The van der Waals surface area contributed by atoms with Crippen LogP contribution < -0.4 is 10.2 Å². The van der Waals surface area contributed by atoms with Crippen molar-refractivity contribution in [2.24, 2.45) is 0 Å². The van der Waals surface area contributed by atoms with Crippen LogP contribution in [0.1, 0.15) is 34.8 Å². The summed E-state index contributed by atoms with van der Waals surface area (Å²) in [4.78, 5) is 25.7. The zero-order valence-corrected chi connectivity index (χ0v) is 18.3. The lowest BCUT2D eigenvalue weighted by atomic mass is 10.1. The molecule has 1 fully saturated rings. The van der Waals surface area contributed by atoms with E-state index in [1.807, 2.05) is 38.1 Å². The Balaban J connectivity index is 1.72. The van der Waals surface area contributed by atoms with Crippen LogP contribution >= 0.6 is 35.6 Å². The number of halogens is 1. The Kier molecular flexibility index (Phi) is 6.95. The molecule has 1 N–H and O–H groups in total. The average molecular weight is 447 g/mol. The molecule has 1 saturated heterocycles. The van der Waals surface area contributed by atoms with Crippen LogP contribution in [0.2, 0.25) is 5.02 Å². The van der Waals surface area contributed by atoms with Crippen LogP contribution in [-0.4, -0.2) is 27.8 Å². The van der Waals surface area contributed by atoms with Crippen molar-refractivity contribution < 1.29 is 14.3 Å². The standard InChI is InChI=1S/C21H19ClN2O3S2/c1-3-10-27-15-7-5-14(6-8-15)12-18-20(26)24(21(28)29-18)23-19(25)16-9-4-13(2)11-17(16)22/h4-9,11-12H,3,10H2,1-2H3,(H,23,25)/b18-12-. The number of benzene rings is 2. The Morgan fingerprint density at radius 3 is 2.66 bits per heavy atom. The van der Waals surface area contributed by atoms with Gasteiger partial charge in [-0.1, -0.05) is 48.5 Å². The number of nitrogens with zero attached hydrogens (tertiary/aromatic N) is 1. The summed E-state index contributed by atoms with van der Waals surface area (Å²) in [5.41, 5.74) is 4.59. The number of amides is 2. The van der Waals surface area contributed by atoms with Crippen molar-refractivity contribution in [3.63, 3.8) is 0 Å². The Hall–Kier alpha value is -2.35. The van der Waals surface area contributed by atoms with E-state index in [1.54, 1.807) is 24.3 Å². The molecular weight excluding hydrogens is 428 g/mol. The molecule has 1 heterocycles. The van der Waals surface area contributed by atoms with Gasteiger partial charge >= 0.3 is 0 Å². The number of hydrogen-bond donors (Lipinski definition) is 1. The summed E-state index contributed by atoms with van der Waals surface area (Å²) in [5, 5.41) is 1.39. The van der Waals surface area contributed by atoms with Crippen LogP contribution in [0.5, 0.6) is 5.75 Å². The van der Waals surface area contributed by atoms with Crippen molar-refractivity contribution >= 4 is 57.8 Å². The van der Waals surface area contributed by atoms with Crippen LogP contribution in [-0.2, 0) is 4.79 Å². The third kappa shape index (κ3) is 5.18. The maximum atomic E-state index is 12.7. The maximum absolute atomic E-state index is 12.7. The van der Waals surface area contributed by atoms with E-state index < -0.39 is 5.91 Å². The molecule has 0 atom stereocenters. The first-order chi connectivity index (χ1) is 13.9. The summed E-state index contributed by atoms with van der Waals surface area (Å²) in [6.07, 6.45) is 2.66. The Bertz CT molecular complexity index is 990. The van der Waals surface area contributed by atoms with Gasteiger partial charge in [-0.25, -0.2) is 0 Å². The van der Waals surface area contributed by atoms with E-state index in [9.17, 15) is 9.59 Å². The second-order valence-corrected chi connectivity index (χ2v) is 8.44. The fourth-order valence-corrected chi connectivity index (χ4v) is 4.06. The topological polar surface area (TPSA) is 58.6 Å². The van der Waals surface area contributed by atoms with Gasteiger partial charge in [0.2, 0.25) is 0 Å². The highest BCUT2D eigenvalue weighted by atomic mass is 35.5. The van der Waals surface area contributed by atoms with Gasteiger partial charge in [0.25, 0.3) is 11.8 Å². The van der Waals surface area contributed by atoms with Gasteiger partial charge in [0.05, 0.1) is 22.1 Å². The van der Waals surface area contributed by atoms with Gasteiger partial charge in [-0.3, -0.25) is 15.0 Å². The zero-order valence-electron chi connectivity index (χ0n) is 15.9. The molecule has 5 nitrogen and oxygen atoms in total. The first-order valence-electron chi connectivity index (χ1n) is 8.97. The number of carbonyl (C=O) groups is 2. The van der Waals surface area contributed by atoms with E-state index >= 15 is 0 Å². The van der Waals surface area contributed by atoms with Gasteiger partial charge in [-0.05, 0) is 67.0 Å². The summed E-state index contributed by atoms with van der Waals surface area (Å²) in [5.74, 6) is -0.105. The number of aryl methyl sites for hydroxylation is 1. The SMILES string of the molecule is CCCOc1ccc(/C=C2\SC(=S)N(NC(=O)c3ccc(C)cc3Cl)C2=O)cc1. The Morgan fingerprint density at radius 2 is 2.00 bits per heavy atom. The number of ether oxygens (including phenoxy) is 1. The molecule has 0 spiro atoms. The molecule has 0 unspecified atom stereocenters. The van der Waals surface area contributed by atoms with Gasteiger partial charge in [-0.2, -0.15) is 5.01 Å². The lowest BCUT2D eigenvalue weighted by Gasteiger charge is -2.16. The molecule has 8 heteroatoms. The van der Waals surface area contributed by atoms with Crippen molar-refractivity contribution in [2.45, 2.75) is 20.3 Å². The molecule has 2 aromatic rings. The first-order valence-corrected chi connectivity index (χ1v) is 10.6. The van der Waals surface area contributed by atoms with Crippen molar-refractivity contribution in [1.82, 2.24) is 10.4 Å². The molecule has 0 aromatic heterocycles. The monoisotopic (exact) mass is 446 g/mol. The van der Waals surface area contributed by atoms with Crippen LogP contribution in [0.25, 0.3) is 6.08 Å². The van der Waals surface area contributed by atoms with Crippen LogP contribution in [0.3, 0.4) is 0 Å². The average Bonchev–Trinajstić information content (AvgIpc) is 2.94. The van der Waals surface area contributed by atoms with Crippen LogP contribution in [0, 0.1) is 6.92 Å². The minimum Gasteiger partial charge on any atom is -0.494 e. The van der Waals surface area contributed by atoms with Crippen molar-refractivity contribution in [1.29, 1.82) is 0 Å². The van der Waals surface area contributed by atoms with Gasteiger partial charge in [0.1, 0.15) is 5.75 Å². The highest BCUT2D eigenvalue weighted by molar-refractivity contribution is 8.26. The zero-order chi connectivity index (χ0) is 21.0. The molecule has 1 aliphatic rings. The fraction of sp³-hybridized carbons (Fsp3) is 0.190. The molecule has 150 valence electrons. The van der Waals surface area contributed by atoms with Crippen molar-refractivity contribution in [2.75, 3.05) is 6.61 Å². The summed E-state index contributed by atoms with van der Waals surface area (Å²) < 4.78 is 5.81. The highest BCUT2D eigenvalue weighted by Gasteiger charge is 2.34. The van der Waals surface area contributed by atoms with Gasteiger partial charge in [-0.15, -0.1) is 0 Å². The first kappa shape index (κ1) is 21.4. The molecule has 0 aliphatic carbocycles. The lowest BCUT2D eigenvalue weighted by molar-refractivity contribution is -0.123. The third-order valence-corrected chi connectivity index (χ3v) is 5.64. The van der Waals surface area contributed by atoms with Gasteiger partial charge in [0, 0.05) is 0 Å². The smallest absolute Gasteiger partial charge is 0.285 e. The van der Waals surface area contributed by atoms with E-state index in [1.165, 1.54) is 0 Å². The van der Waals surface area contributed by atoms with Gasteiger partial charge < -0.3 is 4.74 Å². The Labute approximate surface area is 184 Å². The van der Waals surface area contributed by atoms with Crippen LogP contribution in [0.4, 0.5) is 0 Å². The minimum absolute atomic E-state index is 0.251. The van der Waals surface area contributed by atoms with Gasteiger partial charge in [0.15, 0.2) is 4.32 Å². The second-order valence-electron chi connectivity index (χ2n) is 6.36. The van der Waals surface area contributed by atoms with Crippen molar-refractivity contribution in [3.8, 4) is 5.75 Å². The van der Waals surface area contributed by atoms with E-state index in [4.69, 9.17) is 28.6 Å². The third-order valence-electron chi connectivity index (χ3n) is 4.03. The van der Waals surface area contributed by atoms with E-state index in [0.29, 0.717) is 16.5 Å². The second kappa shape index (κ2) is 9.43. The summed E-state index contributed by atoms with van der Waals surface area (Å²) in [6.45, 7) is 4.58. The van der Waals surface area contributed by atoms with Crippen LogP contribution in [0.15, 0.2) is 47.4 Å². The van der Waals surface area contributed by atoms with Crippen molar-refractivity contribution in [3.05, 3.63) is 69.1 Å². The molecule has 0 bridgehead atoms. The predicted molar refractivity (Wildman–Crippen MR) is 121 cm³/mol. The quantitative estimate of drug-likeness (QED) is 0.500.